The van der Waals surface area contributed by atoms with Crippen LogP contribution in [0.1, 0.15) is 27.2 Å². The van der Waals surface area contributed by atoms with Gasteiger partial charge in [-0.2, -0.15) is 5.10 Å². The second-order valence-electron chi connectivity index (χ2n) is 7.77. The molecule has 0 spiro atoms. The molecule has 0 bridgehead atoms. The highest BCUT2D eigenvalue weighted by Crippen LogP contribution is 2.34. The number of methoxy groups -OCH3 is 1. The summed E-state index contributed by atoms with van der Waals surface area (Å²) in [6, 6.07) is 18.8. The summed E-state index contributed by atoms with van der Waals surface area (Å²) >= 11 is 0. The lowest BCUT2D eigenvalue weighted by atomic mass is 10.1. The van der Waals surface area contributed by atoms with Crippen molar-refractivity contribution in [1.29, 1.82) is 0 Å². The van der Waals surface area contributed by atoms with Crippen LogP contribution in [-0.2, 0) is 13.0 Å². The molecule has 1 amide bonds. The number of nitrogens with one attached hydrogen (secondary N) is 1. The number of hydrazone groups is 1. The lowest BCUT2D eigenvalue weighted by molar-refractivity contribution is -0.384. The lowest BCUT2D eigenvalue weighted by Gasteiger charge is -2.16. The molecule has 0 aliphatic heterocycles. The number of benzene rings is 3. The molecular formula is C27H23N3O6. The fraction of sp³-hybridized carbons (Fsp3) is 0.111. The van der Waals surface area contributed by atoms with E-state index in [9.17, 15) is 14.9 Å². The zero-order valence-corrected chi connectivity index (χ0v) is 19.5. The number of fused-ring (bicyclic) bond motifs is 1. The lowest BCUT2D eigenvalue weighted by Crippen LogP contribution is -2.16. The van der Waals surface area contributed by atoms with Gasteiger partial charge in [-0.15, -0.1) is 6.58 Å². The molecule has 0 fully saturated rings. The molecule has 0 aliphatic carbocycles. The summed E-state index contributed by atoms with van der Waals surface area (Å²) in [5.41, 5.74) is 5.16. The van der Waals surface area contributed by atoms with Gasteiger partial charge >= 0.3 is 5.91 Å². The number of nitro groups is 1. The summed E-state index contributed by atoms with van der Waals surface area (Å²) in [5.74, 6) is 0.623. The molecule has 182 valence electrons. The Bertz CT molecular complexity index is 1420. The number of hydrogen-bond donors (Lipinski definition) is 1. The summed E-state index contributed by atoms with van der Waals surface area (Å²) < 4.78 is 17.1. The molecule has 0 aliphatic rings. The Morgan fingerprint density at radius 2 is 2.00 bits per heavy atom. The number of para-hydroxylation sites is 1. The number of carbonyl (C=O) groups excluding carboxylic acids is 1. The van der Waals surface area contributed by atoms with Crippen LogP contribution in [0.3, 0.4) is 0 Å². The summed E-state index contributed by atoms with van der Waals surface area (Å²) in [5, 5.41) is 15.9. The van der Waals surface area contributed by atoms with Crippen molar-refractivity contribution in [3.8, 4) is 11.5 Å². The molecular weight excluding hydrogens is 462 g/mol. The van der Waals surface area contributed by atoms with Crippen molar-refractivity contribution >= 4 is 28.8 Å². The first-order valence-corrected chi connectivity index (χ1v) is 11.0. The monoisotopic (exact) mass is 485 g/mol. The van der Waals surface area contributed by atoms with Gasteiger partial charge in [-0.25, -0.2) is 5.43 Å². The summed E-state index contributed by atoms with van der Waals surface area (Å²) in [7, 11) is 1.51. The van der Waals surface area contributed by atoms with Crippen LogP contribution < -0.4 is 14.9 Å². The van der Waals surface area contributed by atoms with Gasteiger partial charge in [-0.3, -0.25) is 14.9 Å². The van der Waals surface area contributed by atoms with Gasteiger partial charge in [0, 0.05) is 23.1 Å². The minimum Gasteiger partial charge on any atom is -0.493 e. The van der Waals surface area contributed by atoms with E-state index < -0.39 is 10.8 Å². The second kappa shape index (κ2) is 11.0. The van der Waals surface area contributed by atoms with Gasteiger partial charge in [-0.05, 0) is 41.8 Å². The van der Waals surface area contributed by atoms with E-state index in [1.54, 1.807) is 36.4 Å². The SMILES string of the molecule is C=CCc1cc(/C=N/NC(=O)c2cc3ccccc3o2)cc(OC)c1OCc1cccc([N+](=O)[O-])c1. The smallest absolute Gasteiger partial charge is 0.307 e. The molecule has 0 atom stereocenters. The highest BCUT2D eigenvalue weighted by molar-refractivity contribution is 5.96. The zero-order valence-electron chi connectivity index (χ0n) is 19.5. The Morgan fingerprint density at radius 1 is 1.17 bits per heavy atom. The maximum absolute atomic E-state index is 12.4. The van der Waals surface area contributed by atoms with Crippen molar-refractivity contribution in [2.24, 2.45) is 5.10 Å². The van der Waals surface area contributed by atoms with E-state index in [0.29, 0.717) is 34.6 Å². The van der Waals surface area contributed by atoms with Crippen molar-refractivity contribution in [3.05, 3.63) is 112 Å². The summed E-state index contributed by atoms with van der Waals surface area (Å²) in [6.07, 6.45) is 3.69. The first-order valence-electron chi connectivity index (χ1n) is 11.0. The van der Waals surface area contributed by atoms with Gasteiger partial charge in [0.15, 0.2) is 17.3 Å². The first kappa shape index (κ1) is 24.2. The molecule has 9 heteroatoms. The third kappa shape index (κ3) is 5.58. The van der Waals surface area contributed by atoms with E-state index in [2.05, 4.69) is 17.1 Å². The average molecular weight is 485 g/mol. The molecule has 1 N–H and O–H groups in total. The van der Waals surface area contributed by atoms with Crippen molar-refractivity contribution in [2.45, 2.75) is 13.0 Å². The van der Waals surface area contributed by atoms with Crippen LogP contribution in [0.2, 0.25) is 0 Å². The predicted molar refractivity (Wildman–Crippen MR) is 136 cm³/mol. The average Bonchev–Trinajstić information content (AvgIpc) is 3.32. The molecule has 36 heavy (non-hydrogen) atoms. The topological polar surface area (TPSA) is 116 Å². The largest absolute Gasteiger partial charge is 0.493 e. The first-order chi connectivity index (χ1) is 17.5. The third-order valence-corrected chi connectivity index (χ3v) is 5.27. The number of non-ortho nitro benzene ring substituents is 1. The Kier molecular flexibility index (Phi) is 7.40. The molecule has 0 saturated heterocycles. The maximum Gasteiger partial charge on any atom is 0.307 e. The van der Waals surface area contributed by atoms with Crippen molar-refractivity contribution < 1.29 is 23.6 Å². The number of nitrogens with zero attached hydrogens (tertiary/aromatic N) is 2. The van der Waals surface area contributed by atoms with Crippen LogP contribution >= 0.6 is 0 Å². The normalized spacial score (nSPS) is 10.9. The maximum atomic E-state index is 12.4. The fourth-order valence-corrected chi connectivity index (χ4v) is 3.61. The number of rotatable bonds is 10. The molecule has 9 nitrogen and oxygen atoms in total. The van der Waals surface area contributed by atoms with Gasteiger partial charge in [0.1, 0.15) is 12.2 Å². The Balaban J connectivity index is 1.50. The van der Waals surface area contributed by atoms with Gasteiger partial charge in [-0.1, -0.05) is 36.4 Å². The molecule has 4 aromatic rings. The Hall–Kier alpha value is -4.92. The molecule has 1 heterocycles. The number of amides is 1. The number of allylic oxidation sites excluding steroid dienone is 1. The van der Waals surface area contributed by atoms with Crippen LogP contribution in [0.25, 0.3) is 11.0 Å². The summed E-state index contributed by atoms with van der Waals surface area (Å²) in [6.45, 7) is 3.91. The van der Waals surface area contributed by atoms with E-state index >= 15 is 0 Å². The minimum atomic E-state index is -0.474. The van der Waals surface area contributed by atoms with E-state index in [4.69, 9.17) is 13.9 Å². The van der Waals surface area contributed by atoms with Crippen LogP contribution in [0.15, 0.2) is 88.9 Å². The quantitative estimate of drug-likeness (QED) is 0.139. The van der Waals surface area contributed by atoms with Crippen LogP contribution in [-0.4, -0.2) is 24.2 Å². The van der Waals surface area contributed by atoms with Crippen molar-refractivity contribution in [1.82, 2.24) is 5.43 Å². The highest BCUT2D eigenvalue weighted by atomic mass is 16.6. The number of carbonyl (C=O) groups is 1. The van der Waals surface area contributed by atoms with Gasteiger partial charge in [0.25, 0.3) is 5.69 Å². The van der Waals surface area contributed by atoms with Crippen LogP contribution in [0.4, 0.5) is 5.69 Å². The summed E-state index contributed by atoms with van der Waals surface area (Å²) in [4.78, 5) is 23.0. The van der Waals surface area contributed by atoms with E-state index in [0.717, 1.165) is 10.9 Å². The van der Waals surface area contributed by atoms with Crippen LogP contribution in [0, 0.1) is 10.1 Å². The van der Waals surface area contributed by atoms with E-state index in [1.807, 2.05) is 24.3 Å². The van der Waals surface area contributed by atoms with Gasteiger partial charge < -0.3 is 13.9 Å². The van der Waals surface area contributed by atoms with E-state index in [1.165, 1.54) is 25.5 Å². The minimum absolute atomic E-state index is 0.00867. The highest BCUT2D eigenvalue weighted by Gasteiger charge is 2.15. The zero-order chi connectivity index (χ0) is 25.5. The van der Waals surface area contributed by atoms with Crippen molar-refractivity contribution in [3.63, 3.8) is 0 Å². The second-order valence-corrected chi connectivity index (χ2v) is 7.77. The Morgan fingerprint density at radius 3 is 2.75 bits per heavy atom. The van der Waals surface area contributed by atoms with Crippen LogP contribution in [0.5, 0.6) is 11.5 Å². The standard InChI is InChI=1S/C27H23N3O6/c1-3-7-21-12-19(16-28-29-27(31)25-15-20-9-4-5-11-23(20)36-25)14-24(34-2)26(21)35-17-18-8-6-10-22(13-18)30(32)33/h3-6,8-16H,1,7,17H2,2H3,(H,29,31)/b28-16+. The fourth-order valence-electron chi connectivity index (χ4n) is 3.61. The van der Waals surface area contributed by atoms with E-state index in [-0.39, 0.29) is 18.1 Å². The molecule has 0 saturated carbocycles. The number of ether oxygens (including phenoxy) is 2. The molecule has 4 rings (SSSR count). The van der Waals surface area contributed by atoms with Gasteiger partial charge in [0.2, 0.25) is 0 Å². The number of furan rings is 1. The molecule has 0 radical (unpaired) electrons. The Labute approximate surface area is 206 Å². The number of nitro benzene ring substituents is 1. The third-order valence-electron chi connectivity index (χ3n) is 5.27. The molecule has 1 aromatic heterocycles. The molecule has 0 unspecified atom stereocenters. The van der Waals surface area contributed by atoms with Gasteiger partial charge in [0.05, 0.1) is 18.2 Å². The predicted octanol–water partition coefficient (Wildman–Crippen LogP) is 5.42. The van der Waals surface area contributed by atoms with Crippen molar-refractivity contribution in [2.75, 3.05) is 7.11 Å². The molecule has 3 aromatic carbocycles. The number of hydrogen-bond acceptors (Lipinski definition) is 7.